The van der Waals surface area contributed by atoms with Gasteiger partial charge in [-0.15, -0.1) is 0 Å². The predicted octanol–water partition coefficient (Wildman–Crippen LogP) is 0.208. The van der Waals surface area contributed by atoms with Crippen molar-refractivity contribution >= 4 is 10.1 Å². The van der Waals surface area contributed by atoms with E-state index in [1.165, 1.54) is 44.9 Å². The zero-order valence-corrected chi connectivity index (χ0v) is 16.0. The standard InChI is InChI=1S/C14H30O4S.Na/c1-2-3-4-5-6-7-8-9-10-11-12-14(15)13-19(16,17)18;/h14-15H,2-13H2,1H3,(H,16,17,18);/q;+1/p-1. The molecule has 0 aromatic carbocycles. The average molecular weight is 316 g/mol. The van der Waals surface area contributed by atoms with Crippen LogP contribution in [-0.2, 0) is 10.1 Å². The molecule has 6 heteroatoms. The Hall–Kier alpha value is 0.870. The van der Waals surface area contributed by atoms with E-state index in [2.05, 4.69) is 6.92 Å². The van der Waals surface area contributed by atoms with E-state index < -0.39 is 22.0 Å². The summed E-state index contributed by atoms with van der Waals surface area (Å²) < 4.78 is 31.2. The third-order valence-electron chi connectivity index (χ3n) is 3.29. The van der Waals surface area contributed by atoms with Crippen LogP contribution in [0.15, 0.2) is 0 Å². The van der Waals surface area contributed by atoms with Crippen LogP contribution in [0.4, 0.5) is 0 Å². The summed E-state index contributed by atoms with van der Waals surface area (Å²) in [5, 5.41) is 9.33. The van der Waals surface area contributed by atoms with Crippen molar-refractivity contribution < 1.29 is 47.6 Å². The summed E-state index contributed by atoms with van der Waals surface area (Å²) in [6, 6.07) is 0. The van der Waals surface area contributed by atoms with E-state index in [1.807, 2.05) is 0 Å². The number of hydrogen-bond acceptors (Lipinski definition) is 4. The molecule has 1 N–H and O–H groups in total. The van der Waals surface area contributed by atoms with Gasteiger partial charge in [-0.1, -0.05) is 71.1 Å². The topological polar surface area (TPSA) is 77.4 Å². The molecule has 0 saturated heterocycles. The summed E-state index contributed by atoms with van der Waals surface area (Å²) in [5.74, 6) is -0.648. The first-order chi connectivity index (χ1) is 8.95. The van der Waals surface area contributed by atoms with E-state index in [-0.39, 0.29) is 29.6 Å². The molecule has 0 aliphatic carbocycles. The first-order valence-electron chi connectivity index (χ1n) is 7.57. The van der Waals surface area contributed by atoms with Gasteiger partial charge in [0.05, 0.1) is 22.0 Å². The molecule has 0 spiro atoms. The van der Waals surface area contributed by atoms with Gasteiger partial charge in [0.1, 0.15) is 0 Å². The van der Waals surface area contributed by atoms with Gasteiger partial charge in [0.25, 0.3) is 0 Å². The third-order valence-corrected chi connectivity index (χ3v) is 4.08. The summed E-state index contributed by atoms with van der Waals surface area (Å²) in [6.07, 6.45) is 11.4. The van der Waals surface area contributed by atoms with Gasteiger partial charge in [-0.3, -0.25) is 0 Å². The van der Waals surface area contributed by atoms with Crippen molar-refractivity contribution in [3.8, 4) is 0 Å². The van der Waals surface area contributed by atoms with Crippen molar-refractivity contribution in [3.63, 3.8) is 0 Å². The molecule has 20 heavy (non-hydrogen) atoms. The van der Waals surface area contributed by atoms with Crippen molar-refractivity contribution in [3.05, 3.63) is 0 Å². The third kappa shape index (κ3) is 18.9. The van der Waals surface area contributed by atoms with E-state index in [0.717, 1.165) is 19.3 Å². The molecule has 0 saturated carbocycles. The second-order valence-corrected chi connectivity index (χ2v) is 6.80. The fourth-order valence-corrected chi connectivity index (χ4v) is 2.82. The first-order valence-corrected chi connectivity index (χ1v) is 9.15. The SMILES string of the molecule is CCCCCCCCCCCCC(O)CS(=O)(=O)[O-].[Na+]. The molecule has 1 unspecified atom stereocenters. The average Bonchev–Trinajstić information content (AvgIpc) is 2.29. The molecule has 0 radical (unpaired) electrons. The Bertz CT molecular complexity index is 294. The minimum Gasteiger partial charge on any atom is -0.748 e. The molecular weight excluding hydrogens is 287 g/mol. The van der Waals surface area contributed by atoms with Crippen molar-refractivity contribution in [2.45, 2.75) is 83.7 Å². The van der Waals surface area contributed by atoms with Gasteiger partial charge >= 0.3 is 29.6 Å². The molecule has 0 bridgehead atoms. The van der Waals surface area contributed by atoms with Gasteiger partial charge in [0.2, 0.25) is 0 Å². The fraction of sp³-hybridized carbons (Fsp3) is 1.00. The van der Waals surface area contributed by atoms with Gasteiger partial charge in [-0.05, 0) is 6.42 Å². The second-order valence-electron chi connectivity index (χ2n) is 5.35. The fourth-order valence-electron chi connectivity index (χ4n) is 2.19. The Labute approximate surface area is 146 Å². The van der Waals surface area contributed by atoms with Crippen LogP contribution in [0.25, 0.3) is 0 Å². The monoisotopic (exact) mass is 316 g/mol. The smallest absolute Gasteiger partial charge is 0.748 e. The van der Waals surface area contributed by atoms with Crippen LogP contribution in [0.5, 0.6) is 0 Å². The Balaban J connectivity index is 0. The number of aliphatic hydroxyl groups excluding tert-OH is 1. The van der Waals surface area contributed by atoms with Crippen LogP contribution in [0, 0.1) is 0 Å². The summed E-state index contributed by atoms with van der Waals surface area (Å²) in [6.45, 7) is 2.21. The summed E-state index contributed by atoms with van der Waals surface area (Å²) in [4.78, 5) is 0. The van der Waals surface area contributed by atoms with Crippen LogP contribution in [0.1, 0.15) is 77.6 Å². The quantitative estimate of drug-likeness (QED) is 0.299. The van der Waals surface area contributed by atoms with E-state index in [4.69, 9.17) is 0 Å². The van der Waals surface area contributed by atoms with Gasteiger partial charge in [0.15, 0.2) is 0 Å². The molecule has 1 atom stereocenters. The largest absolute Gasteiger partial charge is 1.00 e. The van der Waals surface area contributed by atoms with E-state index >= 15 is 0 Å². The summed E-state index contributed by atoms with van der Waals surface area (Å²) >= 11 is 0. The van der Waals surface area contributed by atoms with Crippen LogP contribution in [0.2, 0.25) is 0 Å². The minimum absolute atomic E-state index is 0. The predicted molar refractivity (Wildman–Crippen MR) is 77.0 cm³/mol. The molecule has 0 aliphatic heterocycles. The first kappa shape index (κ1) is 23.1. The number of rotatable bonds is 13. The maximum absolute atomic E-state index is 10.4. The van der Waals surface area contributed by atoms with Crippen LogP contribution in [0.3, 0.4) is 0 Å². The van der Waals surface area contributed by atoms with Crippen molar-refractivity contribution in [1.82, 2.24) is 0 Å². The van der Waals surface area contributed by atoms with E-state index in [9.17, 15) is 18.1 Å². The van der Waals surface area contributed by atoms with Crippen LogP contribution in [-0.4, -0.2) is 29.9 Å². The Kier molecular flexibility index (Phi) is 17.1. The maximum atomic E-state index is 10.4. The van der Waals surface area contributed by atoms with Gasteiger partial charge in [0, 0.05) is 0 Å². The normalized spacial score (nSPS) is 12.9. The molecule has 0 aliphatic rings. The Morgan fingerprint density at radius 3 is 1.70 bits per heavy atom. The van der Waals surface area contributed by atoms with Crippen LogP contribution < -0.4 is 29.6 Å². The van der Waals surface area contributed by atoms with Crippen molar-refractivity contribution in [2.75, 3.05) is 5.75 Å². The van der Waals surface area contributed by atoms with E-state index in [1.54, 1.807) is 0 Å². The Morgan fingerprint density at radius 1 is 0.900 bits per heavy atom. The zero-order chi connectivity index (χ0) is 14.6. The number of hydrogen-bond donors (Lipinski definition) is 1. The zero-order valence-electron chi connectivity index (χ0n) is 13.1. The van der Waals surface area contributed by atoms with Crippen LogP contribution >= 0.6 is 0 Å². The Morgan fingerprint density at radius 2 is 1.30 bits per heavy atom. The van der Waals surface area contributed by atoms with Crippen molar-refractivity contribution in [1.29, 1.82) is 0 Å². The molecule has 0 amide bonds. The second kappa shape index (κ2) is 14.8. The number of unbranched alkanes of at least 4 members (excludes halogenated alkanes) is 9. The molecule has 0 rings (SSSR count). The van der Waals surface area contributed by atoms with Crippen molar-refractivity contribution in [2.24, 2.45) is 0 Å². The molecule has 0 fully saturated rings. The number of aliphatic hydroxyl groups is 1. The van der Waals surface area contributed by atoms with E-state index in [0.29, 0.717) is 6.42 Å². The molecule has 116 valence electrons. The van der Waals surface area contributed by atoms with Gasteiger partial charge in [-0.2, -0.15) is 0 Å². The summed E-state index contributed by atoms with van der Waals surface area (Å²) in [7, 11) is -4.29. The molecule has 0 aromatic rings. The minimum atomic E-state index is -4.29. The van der Waals surface area contributed by atoms with Gasteiger partial charge < -0.3 is 9.66 Å². The maximum Gasteiger partial charge on any atom is 1.00 e. The molecular formula is C14H29NaO4S. The molecule has 0 aromatic heterocycles. The molecule has 0 heterocycles. The molecule has 4 nitrogen and oxygen atoms in total. The summed E-state index contributed by atoms with van der Waals surface area (Å²) in [5.41, 5.74) is 0. The van der Waals surface area contributed by atoms with Gasteiger partial charge in [-0.25, -0.2) is 8.42 Å².